The molecule has 0 spiro atoms. The van der Waals surface area contributed by atoms with Crippen LogP contribution in [-0.4, -0.2) is 10.9 Å². The first-order valence-electron chi connectivity index (χ1n) is 6.99. The van der Waals surface area contributed by atoms with Crippen LogP contribution in [0.3, 0.4) is 0 Å². The molecule has 1 aliphatic heterocycles. The van der Waals surface area contributed by atoms with Crippen LogP contribution in [0.5, 0.6) is 0 Å². The maximum Gasteiger partial charge on any atom is 0.211 e. The summed E-state index contributed by atoms with van der Waals surface area (Å²) in [5, 5.41) is 2.64. The smallest absolute Gasteiger partial charge is 0.211 e. The zero-order valence-electron chi connectivity index (χ0n) is 12.2. The maximum absolute atomic E-state index is 11.4. The second-order valence-electron chi connectivity index (χ2n) is 4.93. The fourth-order valence-corrected chi connectivity index (χ4v) is 6.40. The first kappa shape index (κ1) is 15.8. The lowest BCUT2D eigenvalue weighted by atomic mass is 10.1. The number of fused-ring (bicyclic) bond motifs is 1. The molecule has 0 saturated heterocycles. The number of allylic oxidation sites excluding steroid dienone is 1. The van der Waals surface area contributed by atoms with Crippen LogP contribution in [0.1, 0.15) is 17.1 Å². The SMILES string of the molecule is C=CC(=O)SCC1=C(C)SC(c2cccc3ccccc23)S1. The molecule has 22 heavy (non-hydrogen) atoms. The van der Waals surface area contributed by atoms with Crippen molar-refractivity contribution in [2.75, 3.05) is 5.75 Å². The summed E-state index contributed by atoms with van der Waals surface area (Å²) in [4.78, 5) is 14.0. The van der Waals surface area contributed by atoms with Crippen molar-refractivity contribution in [2.45, 2.75) is 11.5 Å². The number of benzene rings is 2. The van der Waals surface area contributed by atoms with Gasteiger partial charge in [0.1, 0.15) is 0 Å². The van der Waals surface area contributed by atoms with Crippen LogP contribution in [0, 0.1) is 0 Å². The van der Waals surface area contributed by atoms with Crippen LogP contribution in [0.2, 0.25) is 0 Å². The lowest BCUT2D eigenvalue weighted by Crippen LogP contribution is -1.90. The highest BCUT2D eigenvalue weighted by Crippen LogP contribution is 2.56. The van der Waals surface area contributed by atoms with E-state index in [1.165, 1.54) is 44.0 Å². The van der Waals surface area contributed by atoms with Gasteiger partial charge in [-0.15, -0.1) is 23.5 Å². The van der Waals surface area contributed by atoms with Gasteiger partial charge < -0.3 is 0 Å². The molecule has 0 N–H and O–H groups in total. The maximum atomic E-state index is 11.4. The van der Waals surface area contributed by atoms with Gasteiger partial charge in [-0.1, -0.05) is 60.8 Å². The first-order chi connectivity index (χ1) is 10.7. The summed E-state index contributed by atoms with van der Waals surface area (Å²) in [6.45, 7) is 5.67. The zero-order chi connectivity index (χ0) is 15.5. The summed E-state index contributed by atoms with van der Waals surface area (Å²) in [6, 6.07) is 15.0. The van der Waals surface area contributed by atoms with E-state index in [-0.39, 0.29) is 5.12 Å². The normalized spacial score (nSPS) is 18.0. The Morgan fingerprint density at radius 3 is 2.82 bits per heavy atom. The average Bonchev–Trinajstić information content (AvgIpc) is 2.92. The Bertz CT molecular complexity index is 759. The van der Waals surface area contributed by atoms with Gasteiger partial charge in [-0.25, -0.2) is 0 Å². The Labute approximate surface area is 143 Å². The average molecular weight is 345 g/mol. The van der Waals surface area contributed by atoms with Crippen molar-refractivity contribution in [1.29, 1.82) is 0 Å². The van der Waals surface area contributed by atoms with Gasteiger partial charge in [-0.3, -0.25) is 4.79 Å². The lowest BCUT2D eigenvalue weighted by Gasteiger charge is -2.13. The molecule has 0 amide bonds. The number of carbonyl (C=O) groups is 1. The summed E-state index contributed by atoms with van der Waals surface area (Å²) in [7, 11) is 0. The predicted molar refractivity (Wildman–Crippen MR) is 102 cm³/mol. The molecule has 1 nitrogen and oxygen atoms in total. The van der Waals surface area contributed by atoms with E-state index in [4.69, 9.17) is 0 Å². The van der Waals surface area contributed by atoms with Gasteiger partial charge >= 0.3 is 0 Å². The van der Waals surface area contributed by atoms with Gasteiger partial charge in [0.2, 0.25) is 5.12 Å². The molecule has 0 aliphatic carbocycles. The summed E-state index contributed by atoms with van der Waals surface area (Å²) in [6.07, 6.45) is 1.38. The van der Waals surface area contributed by atoms with Crippen molar-refractivity contribution >= 4 is 51.2 Å². The van der Waals surface area contributed by atoms with Crippen LogP contribution < -0.4 is 0 Å². The van der Waals surface area contributed by atoms with Crippen LogP contribution >= 0.6 is 35.3 Å². The number of rotatable bonds is 4. The molecule has 1 heterocycles. The Morgan fingerprint density at radius 1 is 1.23 bits per heavy atom. The standard InChI is InChI=1S/C18H16OS3/c1-3-17(19)20-11-16-12(2)21-18(22-16)15-10-6-8-13-7-4-5-9-14(13)15/h3-10,18H,1,11H2,2H3. The Kier molecular flexibility index (Phi) is 5.01. The van der Waals surface area contributed by atoms with E-state index in [1.807, 2.05) is 23.5 Å². The summed E-state index contributed by atoms with van der Waals surface area (Å²) in [5.74, 6) is 0.746. The highest BCUT2D eigenvalue weighted by molar-refractivity contribution is 8.23. The minimum Gasteiger partial charge on any atom is -0.282 e. The van der Waals surface area contributed by atoms with E-state index < -0.39 is 0 Å². The van der Waals surface area contributed by atoms with Crippen molar-refractivity contribution in [3.8, 4) is 0 Å². The van der Waals surface area contributed by atoms with Crippen LogP contribution in [0.4, 0.5) is 0 Å². The quantitative estimate of drug-likeness (QED) is 0.633. The van der Waals surface area contributed by atoms with E-state index >= 15 is 0 Å². The van der Waals surface area contributed by atoms with Gasteiger partial charge in [0.25, 0.3) is 0 Å². The molecular formula is C18H16OS3. The van der Waals surface area contributed by atoms with Crippen LogP contribution in [-0.2, 0) is 4.79 Å². The minimum absolute atomic E-state index is 0.0412. The topological polar surface area (TPSA) is 17.1 Å². The highest BCUT2D eigenvalue weighted by atomic mass is 32.2. The minimum atomic E-state index is 0.0412. The van der Waals surface area contributed by atoms with Crippen molar-refractivity contribution in [1.82, 2.24) is 0 Å². The lowest BCUT2D eigenvalue weighted by molar-refractivity contribution is -0.107. The highest BCUT2D eigenvalue weighted by Gasteiger charge is 2.26. The van der Waals surface area contributed by atoms with Gasteiger partial charge in [-0.2, -0.15) is 0 Å². The van der Waals surface area contributed by atoms with E-state index in [0.717, 1.165) is 5.75 Å². The molecule has 4 heteroatoms. The Morgan fingerprint density at radius 2 is 2.00 bits per heavy atom. The van der Waals surface area contributed by atoms with Gasteiger partial charge in [-0.05, 0) is 34.2 Å². The van der Waals surface area contributed by atoms with Gasteiger partial charge in [0.15, 0.2) is 0 Å². The summed E-state index contributed by atoms with van der Waals surface area (Å²) < 4.78 is 0.375. The predicted octanol–water partition coefficient (Wildman–Crippen LogP) is 6.00. The van der Waals surface area contributed by atoms with Crippen molar-refractivity contribution < 1.29 is 4.79 Å². The Balaban J connectivity index is 1.80. The fraction of sp³-hybridized carbons (Fsp3) is 0.167. The first-order valence-corrected chi connectivity index (χ1v) is 9.73. The molecule has 3 rings (SSSR count). The number of hydrogen-bond acceptors (Lipinski definition) is 4. The molecule has 0 radical (unpaired) electrons. The second-order valence-corrected chi connectivity index (χ2v) is 8.72. The molecule has 0 bridgehead atoms. The second kappa shape index (κ2) is 6.99. The largest absolute Gasteiger partial charge is 0.282 e. The van der Waals surface area contributed by atoms with Gasteiger partial charge in [0, 0.05) is 10.7 Å². The monoisotopic (exact) mass is 344 g/mol. The van der Waals surface area contributed by atoms with Crippen LogP contribution in [0.25, 0.3) is 10.8 Å². The van der Waals surface area contributed by atoms with Crippen molar-refractivity contribution in [3.63, 3.8) is 0 Å². The molecule has 0 fully saturated rings. The summed E-state index contributed by atoms with van der Waals surface area (Å²) in [5.41, 5.74) is 1.36. The Hall–Kier alpha value is -1.10. The molecule has 0 saturated carbocycles. The third-order valence-electron chi connectivity index (χ3n) is 3.52. The number of carbonyl (C=O) groups excluding carboxylic acids is 1. The fourth-order valence-electron chi connectivity index (χ4n) is 2.38. The van der Waals surface area contributed by atoms with E-state index in [2.05, 4.69) is 56.0 Å². The van der Waals surface area contributed by atoms with Crippen LogP contribution in [0.15, 0.2) is 64.9 Å². The van der Waals surface area contributed by atoms with Gasteiger partial charge in [0.05, 0.1) is 4.58 Å². The van der Waals surface area contributed by atoms with Crippen molar-refractivity contribution in [3.05, 3.63) is 70.5 Å². The molecule has 1 aliphatic rings. The third-order valence-corrected chi connectivity index (χ3v) is 7.56. The molecule has 112 valence electrons. The van der Waals surface area contributed by atoms with E-state index in [9.17, 15) is 4.79 Å². The molecule has 1 atom stereocenters. The molecule has 2 aromatic carbocycles. The molecule has 1 unspecified atom stereocenters. The molecule has 2 aromatic rings. The molecule has 0 aromatic heterocycles. The third kappa shape index (κ3) is 3.29. The number of hydrogen-bond donors (Lipinski definition) is 0. The van der Waals surface area contributed by atoms with E-state index in [1.54, 1.807) is 0 Å². The zero-order valence-corrected chi connectivity index (χ0v) is 14.7. The van der Waals surface area contributed by atoms with Crippen molar-refractivity contribution in [2.24, 2.45) is 0 Å². The van der Waals surface area contributed by atoms with E-state index in [0.29, 0.717) is 4.58 Å². The number of thioether (sulfide) groups is 3. The summed E-state index contributed by atoms with van der Waals surface area (Å²) >= 11 is 5.10. The molecular weight excluding hydrogens is 328 g/mol.